The summed E-state index contributed by atoms with van der Waals surface area (Å²) in [6.07, 6.45) is 0.548. The van der Waals surface area contributed by atoms with E-state index in [0.717, 1.165) is 6.07 Å². The summed E-state index contributed by atoms with van der Waals surface area (Å²) in [6.45, 7) is 1.73. The van der Waals surface area contributed by atoms with Crippen LogP contribution in [0.5, 0.6) is 5.75 Å². The van der Waals surface area contributed by atoms with Crippen LogP contribution in [0.1, 0.15) is 5.69 Å². The minimum Gasteiger partial charge on any atom is -0.410 e. The van der Waals surface area contributed by atoms with E-state index in [1.165, 1.54) is 12.1 Å². The average Bonchev–Trinajstić information content (AvgIpc) is 2.30. The second-order valence-corrected chi connectivity index (χ2v) is 4.22. The number of carbonyl (C=O) groups excluding carboxylic acids is 1. The first-order valence-corrected chi connectivity index (χ1v) is 5.75. The van der Waals surface area contributed by atoms with E-state index < -0.39 is 11.9 Å². The third-order valence-corrected chi connectivity index (χ3v) is 2.83. The summed E-state index contributed by atoms with van der Waals surface area (Å²) in [6, 6.07) is 5.55. The third kappa shape index (κ3) is 2.82. The van der Waals surface area contributed by atoms with Crippen LogP contribution in [0.2, 0.25) is 5.02 Å². The molecule has 0 aliphatic rings. The van der Waals surface area contributed by atoms with Crippen LogP contribution in [-0.2, 0) is 0 Å². The van der Waals surface area contributed by atoms with Gasteiger partial charge < -0.3 is 10.5 Å². The zero-order valence-corrected chi connectivity index (χ0v) is 10.7. The Morgan fingerprint density at radius 2 is 2.16 bits per heavy atom. The van der Waals surface area contributed by atoms with Crippen LogP contribution in [-0.4, -0.2) is 11.1 Å². The number of halogens is 2. The van der Waals surface area contributed by atoms with Crippen molar-refractivity contribution in [2.75, 3.05) is 0 Å². The summed E-state index contributed by atoms with van der Waals surface area (Å²) in [7, 11) is 0. The monoisotopic (exact) mass is 280 g/mol. The van der Waals surface area contributed by atoms with Crippen molar-refractivity contribution >= 4 is 17.7 Å². The van der Waals surface area contributed by atoms with Crippen molar-refractivity contribution in [3.05, 3.63) is 47.0 Å². The Bertz CT molecular complexity index is 626. The number of amides is 1. The van der Waals surface area contributed by atoms with Crippen LogP contribution in [0.4, 0.5) is 9.18 Å². The van der Waals surface area contributed by atoms with Gasteiger partial charge in [0.15, 0.2) is 0 Å². The van der Waals surface area contributed by atoms with Crippen molar-refractivity contribution < 1.29 is 13.9 Å². The van der Waals surface area contributed by atoms with Gasteiger partial charge in [-0.15, -0.1) is 0 Å². The molecule has 19 heavy (non-hydrogen) atoms. The second-order valence-electron chi connectivity index (χ2n) is 3.82. The molecule has 2 aromatic rings. The van der Waals surface area contributed by atoms with Gasteiger partial charge in [0.25, 0.3) is 0 Å². The third-order valence-electron chi connectivity index (χ3n) is 2.52. The largest absolute Gasteiger partial charge is 0.410 e. The lowest BCUT2D eigenvalue weighted by molar-refractivity contribution is 0.210. The molecule has 4 nitrogen and oxygen atoms in total. The molecular formula is C13H10ClFN2O2. The standard InChI is InChI=1S/C13H10ClFN2O2/c1-7-12(10(14)4-5-17-7)9-3-2-8(6-11(9)15)19-13(16)18/h2-6H,1H3,(H2,16,18). The zero-order chi connectivity index (χ0) is 14.0. The Balaban J connectivity index is 2.49. The molecule has 1 aromatic heterocycles. The number of pyridine rings is 1. The molecule has 2 N–H and O–H groups in total. The number of nitrogens with two attached hydrogens (primary N) is 1. The van der Waals surface area contributed by atoms with Crippen molar-refractivity contribution in [2.45, 2.75) is 6.92 Å². The maximum atomic E-state index is 14.0. The fraction of sp³-hybridized carbons (Fsp3) is 0.0769. The first-order valence-electron chi connectivity index (χ1n) is 5.37. The minimum atomic E-state index is -0.997. The molecule has 1 aromatic carbocycles. The molecule has 98 valence electrons. The molecule has 0 aliphatic carbocycles. The summed E-state index contributed by atoms with van der Waals surface area (Å²) >= 11 is 6.05. The van der Waals surface area contributed by atoms with Gasteiger partial charge in [0.1, 0.15) is 11.6 Å². The molecule has 0 atom stereocenters. The number of ether oxygens (including phenoxy) is 1. The average molecular weight is 281 g/mol. The van der Waals surface area contributed by atoms with Crippen LogP contribution in [0.25, 0.3) is 11.1 Å². The Hall–Kier alpha value is -2.14. The van der Waals surface area contributed by atoms with Gasteiger partial charge in [0.05, 0.1) is 5.02 Å². The maximum Gasteiger partial charge on any atom is 0.409 e. The van der Waals surface area contributed by atoms with Crippen LogP contribution in [0.3, 0.4) is 0 Å². The molecule has 0 saturated heterocycles. The van der Waals surface area contributed by atoms with Gasteiger partial charge in [-0.3, -0.25) is 4.98 Å². The molecule has 1 heterocycles. The van der Waals surface area contributed by atoms with Crippen LogP contribution < -0.4 is 10.5 Å². The van der Waals surface area contributed by atoms with Crippen LogP contribution >= 0.6 is 11.6 Å². The van der Waals surface area contributed by atoms with E-state index in [2.05, 4.69) is 9.72 Å². The molecule has 0 radical (unpaired) electrons. The second kappa shape index (κ2) is 5.24. The van der Waals surface area contributed by atoms with E-state index in [1.807, 2.05) is 0 Å². The normalized spacial score (nSPS) is 10.3. The predicted octanol–water partition coefficient (Wildman–Crippen LogP) is 3.31. The van der Waals surface area contributed by atoms with Crippen LogP contribution in [0.15, 0.2) is 30.5 Å². The van der Waals surface area contributed by atoms with Crippen molar-refractivity contribution in [1.29, 1.82) is 0 Å². The fourth-order valence-corrected chi connectivity index (χ4v) is 2.03. The predicted molar refractivity (Wildman–Crippen MR) is 69.6 cm³/mol. The number of carbonyl (C=O) groups is 1. The van der Waals surface area contributed by atoms with Crippen molar-refractivity contribution in [3.63, 3.8) is 0 Å². The minimum absolute atomic E-state index is 0.0337. The van der Waals surface area contributed by atoms with Gasteiger partial charge >= 0.3 is 6.09 Å². The number of primary amides is 1. The first kappa shape index (κ1) is 13.3. The quantitative estimate of drug-likeness (QED) is 0.918. The smallest absolute Gasteiger partial charge is 0.409 e. The lowest BCUT2D eigenvalue weighted by Crippen LogP contribution is -2.16. The number of nitrogens with zero attached hydrogens (tertiary/aromatic N) is 1. The van der Waals surface area contributed by atoms with E-state index >= 15 is 0 Å². The van der Waals surface area contributed by atoms with E-state index in [4.69, 9.17) is 17.3 Å². The first-order chi connectivity index (χ1) is 8.99. The molecule has 6 heteroatoms. The molecule has 1 amide bonds. The summed E-state index contributed by atoms with van der Waals surface area (Å²) in [4.78, 5) is 14.7. The number of hydrogen-bond acceptors (Lipinski definition) is 3. The van der Waals surface area contributed by atoms with Gasteiger partial charge in [0.2, 0.25) is 0 Å². The lowest BCUT2D eigenvalue weighted by Gasteiger charge is -2.09. The number of aryl methyl sites for hydroxylation is 1. The van der Waals surface area contributed by atoms with E-state index in [9.17, 15) is 9.18 Å². The van der Waals surface area contributed by atoms with E-state index in [0.29, 0.717) is 16.3 Å². The highest BCUT2D eigenvalue weighted by molar-refractivity contribution is 6.33. The van der Waals surface area contributed by atoms with Gasteiger partial charge in [0, 0.05) is 29.1 Å². The van der Waals surface area contributed by atoms with E-state index in [-0.39, 0.29) is 11.3 Å². The van der Waals surface area contributed by atoms with Crippen molar-refractivity contribution in [1.82, 2.24) is 4.98 Å². The van der Waals surface area contributed by atoms with E-state index in [1.54, 1.807) is 19.2 Å². The molecule has 0 unspecified atom stereocenters. The van der Waals surface area contributed by atoms with Gasteiger partial charge in [-0.25, -0.2) is 9.18 Å². The highest BCUT2D eigenvalue weighted by atomic mass is 35.5. The lowest BCUT2D eigenvalue weighted by atomic mass is 10.0. The van der Waals surface area contributed by atoms with Crippen molar-refractivity contribution in [3.8, 4) is 16.9 Å². The molecule has 0 fully saturated rings. The molecule has 0 spiro atoms. The van der Waals surface area contributed by atoms with Crippen LogP contribution in [0, 0.1) is 12.7 Å². The Morgan fingerprint density at radius 1 is 1.42 bits per heavy atom. The molecule has 2 rings (SSSR count). The highest BCUT2D eigenvalue weighted by Crippen LogP contribution is 2.33. The molecule has 0 saturated carbocycles. The Labute approximate surface area is 114 Å². The number of rotatable bonds is 2. The highest BCUT2D eigenvalue weighted by Gasteiger charge is 2.13. The topological polar surface area (TPSA) is 65.2 Å². The number of hydrogen-bond donors (Lipinski definition) is 1. The fourth-order valence-electron chi connectivity index (χ4n) is 1.74. The summed E-state index contributed by atoms with van der Waals surface area (Å²) in [5.41, 5.74) is 6.26. The number of aromatic nitrogens is 1. The van der Waals surface area contributed by atoms with Gasteiger partial charge in [-0.2, -0.15) is 0 Å². The van der Waals surface area contributed by atoms with Gasteiger partial charge in [-0.05, 0) is 25.1 Å². The SMILES string of the molecule is Cc1nccc(Cl)c1-c1ccc(OC(N)=O)cc1F. The summed E-state index contributed by atoms with van der Waals surface area (Å²) in [5.74, 6) is -0.539. The summed E-state index contributed by atoms with van der Waals surface area (Å²) in [5, 5.41) is 0.398. The Kier molecular flexibility index (Phi) is 3.66. The molecule has 0 aliphatic heterocycles. The summed E-state index contributed by atoms with van der Waals surface area (Å²) < 4.78 is 18.6. The van der Waals surface area contributed by atoms with Gasteiger partial charge in [-0.1, -0.05) is 11.6 Å². The molecule has 0 bridgehead atoms. The maximum absolute atomic E-state index is 14.0. The number of benzene rings is 1. The molecular weight excluding hydrogens is 271 g/mol. The Morgan fingerprint density at radius 3 is 2.74 bits per heavy atom. The van der Waals surface area contributed by atoms with Crippen molar-refractivity contribution in [2.24, 2.45) is 5.73 Å². The zero-order valence-electron chi connectivity index (χ0n) is 9.98.